The molecule has 1 aromatic rings. The molecule has 7 heteroatoms. The minimum absolute atomic E-state index is 0.00697. The third-order valence-electron chi connectivity index (χ3n) is 3.46. The predicted molar refractivity (Wildman–Crippen MR) is 99.0 cm³/mol. The summed E-state index contributed by atoms with van der Waals surface area (Å²) >= 11 is 2.22. The SMILES string of the molecule is CC(C)(C)OC(=O)N1CCN(C(=O)COc2ccc(I)cc2)CC1. The van der Waals surface area contributed by atoms with Gasteiger partial charge in [-0.1, -0.05) is 0 Å². The number of hydrogen-bond donors (Lipinski definition) is 0. The van der Waals surface area contributed by atoms with E-state index in [0.29, 0.717) is 31.9 Å². The van der Waals surface area contributed by atoms with Crippen LogP contribution in [0, 0.1) is 3.57 Å². The summed E-state index contributed by atoms with van der Waals surface area (Å²) in [6.07, 6.45) is -0.329. The lowest BCUT2D eigenvalue weighted by Gasteiger charge is -2.35. The molecule has 1 fully saturated rings. The van der Waals surface area contributed by atoms with Gasteiger partial charge in [0.2, 0.25) is 0 Å². The van der Waals surface area contributed by atoms with Crippen molar-refractivity contribution in [2.75, 3.05) is 32.8 Å². The quantitative estimate of drug-likeness (QED) is 0.671. The average Bonchev–Trinajstić information content (AvgIpc) is 2.52. The van der Waals surface area contributed by atoms with Gasteiger partial charge in [-0.05, 0) is 67.6 Å². The van der Waals surface area contributed by atoms with Crippen molar-refractivity contribution in [3.8, 4) is 5.75 Å². The van der Waals surface area contributed by atoms with Gasteiger partial charge >= 0.3 is 6.09 Å². The molecule has 1 aliphatic rings. The first kappa shape index (κ1) is 18.8. The van der Waals surface area contributed by atoms with Gasteiger partial charge < -0.3 is 19.3 Å². The Morgan fingerprint density at radius 3 is 2.12 bits per heavy atom. The van der Waals surface area contributed by atoms with E-state index in [-0.39, 0.29) is 18.6 Å². The highest BCUT2D eigenvalue weighted by Gasteiger charge is 2.27. The highest BCUT2D eigenvalue weighted by atomic mass is 127. The minimum atomic E-state index is -0.509. The summed E-state index contributed by atoms with van der Waals surface area (Å²) in [4.78, 5) is 27.6. The number of rotatable bonds is 3. The smallest absolute Gasteiger partial charge is 0.410 e. The highest BCUT2D eigenvalue weighted by molar-refractivity contribution is 14.1. The molecule has 24 heavy (non-hydrogen) atoms. The van der Waals surface area contributed by atoms with Crippen LogP contribution in [0.25, 0.3) is 0 Å². The fourth-order valence-electron chi connectivity index (χ4n) is 2.23. The Hall–Kier alpha value is -1.51. The molecule has 0 radical (unpaired) electrons. The van der Waals surface area contributed by atoms with Gasteiger partial charge in [0.05, 0.1) is 0 Å². The van der Waals surface area contributed by atoms with Crippen LogP contribution in [0.5, 0.6) is 5.75 Å². The molecule has 0 bridgehead atoms. The van der Waals surface area contributed by atoms with Gasteiger partial charge in [0.25, 0.3) is 5.91 Å². The standard InChI is InChI=1S/C17H23IN2O4/c1-17(2,3)24-16(22)20-10-8-19(9-11-20)15(21)12-23-14-6-4-13(18)5-7-14/h4-7H,8-12H2,1-3H3. The zero-order chi connectivity index (χ0) is 17.7. The van der Waals surface area contributed by atoms with Crippen LogP contribution in [0.1, 0.15) is 20.8 Å². The number of benzene rings is 1. The molecule has 0 unspecified atom stereocenters. The summed E-state index contributed by atoms with van der Waals surface area (Å²) in [7, 11) is 0. The van der Waals surface area contributed by atoms with Gasteiger partial charge in [0, 0.05) is 29.7 Å². The maximum atomic E-state index is 12.2. The Labute approximate surface area is 156 Å². The summed E-state index contributed by atoms with van der Waals surface area (Å²) in [6.45, 7) is 7.47. The molecule has 1 aromatic carbocycles. The molecular weight excluding hydrogens is 423 g/mol. The Kier molecular flexibility index (Phi) is 6.31. The normalized spacial score (nSPS) is 15.2. The zero-order valence-electron chi connectivity index (χ0n) is 14.3. The number of piperazine rings is 1. The third kappa shape index (κ3) is 5.85. The molecule has 6 nitrogen and oxygen atoms in total. The van der Waals surface area contributed by atoms with Crippen molar-refractivity contribution >= 4 is 34.6 Å². The second kappa shape index (κ2) is 8.04. The first-order chi connectivity index (χ1) is 11.2. The van der Waals surface area contributed by atoms with Crippen molar-refractivity contribution in [2.45, 2.75) is 26.4 Å². The molecule has 0 aliphatic carbocycles. The van der Waals surface area contributed by atoms with Gasteiger partial charge in [0.15, 0.2) is 6.61 Å². The number of ether oxygens (including phenoxy) is 2. The fourth-order valence-corrected chi connectivity index (χ4v) is 2.59. The van der Waals surface area contributed by atoms with E-state index >= 15 is 0 Å². The van der Waals surface area contributed by atoms with E-state index in [9.17, 15) is 9.59 Å². The first-order valence-electron chi connectivity index (χ1n) is 7.89. The molecule has 0 N–H and O–H groups in total. The molecule has 132 valence electrons. The van der Waals surface area contributed by atoms with E-state index < -0.39 is 5.60 Å². The van der Waals surface area contributed by atoms with Crippen molar-refractivity contribution < 1.29 is 19.1 Å². The molecule has 1 heterocycles. The molecular formula is C17H23IN2O4. The molecule has 0 saturated carbocycles. The van der Waals surface area contributed by atoms with E-state index in [1.165, 1.54) is 0 Å². The average molecular weight is 446 g/mol. The van der Waals surface area contributed by atoms with Crippen LogP contribution >= 0.6 is 22.6 Å². The predicted octanol–water partition coefficient (Wildman–Crippen LogP) is 2.75. The molecule has 0 spiro atoms. The monoisotopic (exact) mass is 446 g/mol. The Balaban J connectivity index is 1.76. The number of amides is 2. The Morgan fingerprint density at radius 2 is 1.58 bits per heavy atom. The van der Waals surface area contributed by atoms with Crippen molar-refractivity contribution in [1.29, 1.82) is 0 Å². The van der Waals surface area contributed by atoms with Crippen molar-refractivity contribution in [2.24, 2.45) is 0 Å². The molecule has 0 atom stereocenters. The summed E-state index contributed by atoms with van der Waals surface area (Å²) in [5.41, 5.74) is -0.509. The summed E-state index contributed by atoms with van der Waals surface area (Å²) in [5, 5.41) is 0. The topological polar surface area (TPSA) is 59.1 Å². The lowest BCUT2D eigenvalue weighted by Crippen LogP contribution is -2.52. The van der Waals surface area contributed by atoms with Crippen LogP contribution in [-0.4, -0.2) is 60.2 Å². The zero-order valence-corrected chi connectivity index (χ0v) is 16.4. The van der Waals surface area contributed by atoms with E-state index in [2.05, 4.69) is 22.6 Å². The fraction of sp³-hybridized carbons (Fsp3) is 0.529. The Morgan fingerprint density at radius 1 is 1.04 bits per heavy atom. The van der Waals surface area contributed by atoms with E-state index in [4.69, 9.17) is 9.47 Å². The number of carbonyl (C=O) groups is 2. The Bertz CT molecular complexity index is 575. The summed E-state index contributed by atoms with van der Waals surface area (Å²) in [5.74, 6) is 0.605. The van der Waals surface area contributed by atoms with Crippen molar-refractivity contribution in [3.05, 3.63) is 27.8 Å². The largest absolute Gasteiger partial charge is 0.484 e. The van der Waals surface area contributed by atoms with Crippen molar-refractivity contribution in [3.63, 3.8) is 0 Å². The maximum absolute atomic E-state index is 12.2. The lowest BCUT2D eigenvalue weighted by atomic mass is 10.2. The van der Waals surface area contributed by atoms with Gasteiger partial charge in [-0.15, -0.1) is 0 Å². The highest BCUT2D eigenvalue weighted by Crippen LogP contribution is 2.14. The van der Waals surface area contributed by atoms with Gasteiger partial charge in [-0.2, -0.15) is 0 Å². The molecule has 1 saturated heterocycles. The van der Waals surface area contributed by atoms with Crippen LogP contribution in [0.2, 0.25) is 0 Å². The molecule has 2 rings (SSSR count). The summed E-state index contributed by atoms with van der Waals surface area (Å²) in [6, 6.07) is 7.55. The third-order valence-corrected chi connectivity index (χ3v) is 4.18. The number of hydrogen-bond acceptors (Lipinski definition) is 4. The van der Waals surface area contributed by atoms with Crippen molar-refractivity contribution in [1.82, 2.24) is 9.80 Å². The van der Waals surface area contributed by atoms with Gasteiger partial charge in [-0.25, -0.2) is 4.79 Å². The van der Waals surface area contributed by atoms with Gasteiger partial charge in [-0.3, -0.25) is 4.79 Å². The molecule has 1 aliphatic heterocycles. The molecule has 2 amide bonds. The van der Waals surface area contributed by atoms with Crippen LogP contribution in [0.3, 0.4) is 0 Å². The second-order valence-corrected chi connectivity index (χ2v) is 7.84. The number of halogens is 1. The lowest BCUT2D eigenvalue weighted by molar-refractivity contribution is -0.135. The van der Waals surface area contributed by atoms with Crippen LogP contribution in [0.15, 0.2) is 24.3 Å². The second-order valence-electron chi connectivity index (χ2n) is 6.59. The summed E-state index contributed by atoms with van der Waals surface area (Å²) < 4.78 is 12.0. The van der Waals surface area contributed by atoms with Gasteiger partial charge in [0.1, 0.15) is 11.4 Å². The molecule has 0 aromatic heterocycles. The van der Waals surface area contributed by atoms with Crippen LogP contribution in [-0.2, 0) is 9.53 Å². The van der Waals surface area contributed by atoms with Crippen LogP contribution < -0.4 is 4.74 Å². The van der Waals surface area contributed by atoms with E-state index in [0.717, 1.165) is 3.57 Å². The van der Waals surface area contributed by atoms with E-state index in [1.807, 2.05) is 45.0 Å². The number of nitrogens with zero attached hydrogens (tertiary/aromatic N) is 2. The van der Waals surface area contributed by atoms with E-state index in [1.54, 1.807) is 9.80 Å². The minimum Gasteiger partial charge on any atom is -0.484 e. The first-order valence-corrected chi connectivity index (χ1v) is 8.96. The number of carbonyl (C=O) groups excluding carboxylic acids is 2. The maximum Gasteiger partial charge on any atom is 0.410 e. The van der Waals surface area contributed by atoms with Crippen LogP contribution in [0.4, 0.5) is 4.79 Å².